The topological polar surface area (TPSA) is 127 Å². The monoisotopic (exact) mass is 782 g/mol. The number of allylic oxidation sites excluding steroid dienone is 2. The van der Waals surface area contributed by atoms with E-state index in [1.54, 1.807) is 0 Å². The zero-order valence-corrected chi connectivity index (χ0v) is 32.2. The van der Waals surface area contributed by atoms with E-state index in [2.05, 4.69) is 48.5 Å². The molecule has 60 heavy (non-hydrogen) atoms. The first kappa shape index (κ1) is 37.6. The Kier molecular flexibility index (Phi) is 9.88. The van der Waals surface area contributed by atoms with Crippen LogP contribution in [0.1, 0.15) is 56.3 Å². The van der Waals surface area contributed by atoms with Gasteiger partial charge in [0.1, 0.15) is 23.0 Å². The molecule has 0 amide bonds. The molecule has 9 rings (SSSR count). The molecule has 0 spiro atoms. The van der Waals surface area contributed by atoms with Crippen LogP contribution in [0, 0.1) is 0 Å². The lowest BCUT2D eigenvalue weighted by Gasteiger charge is -2.40. The van der Waals surface area contributed by atoms with E-state index in [9.17, 15) is 30.6 Å². The van der Waals surface area contributed by atoms with E-state index in [1.807, 2.05) is 121 Å². The minimum Gasteiger partial charge on any atom is -0.872 e. The van der Waals surface area contributed by atoms with Gasteiger partial charge in [0.05, 0.1) is 11.1 Å². The second-order valence-corrected chi connectivity index (χ2v) is 14.9. The number of hydrogen-bond donors (Lipinski definition) is 4. The van der Waals surface area contributed by atoms with Gasteiger partial charge in [-0.2, -0.15) is 0 Å². The van der Waals surface area contributed by atoms with Gasteiger partial charge in [0.25, 0.3) is 0 Å². The lowest BCUT2D eigenvalue weighted by molar-refractivity contribution is -0.316. The van der Waals surface area contributed by atoms with Gasteiger partial charge in [-0.3, -0.25) is 0 Å². The molecule has 0 saturated carbocycles. The van der Waals surface area contributed by atoms with E-state index in [0.29, 0.717) is 22.3 Å². The Labute approximate surface area is 347 Å². The second-order valence-electron chi connectivity index (χ2n) is 14.9. The largest absolute Gasteiger partial charge is 0.872 e. The number of aromatic hydroxyl groups is 4. The first-order valence-corrected chi connectivity index (χ1v) is 19.6. The van der Waals surface area contributed by atoms with Crippen LogP contribution in [0.3, 0.4) is 0 Å². The van der Waals surface area contributed by atoms with Crippen molar-refractivity contribution in [1.29, 1.82) is 0 Å². The van der Waals surface area contributed by atoms with E-state index in [1.165, 1.54) is 24.3 Å². The summed E-state index contributed by atoms with van der Waals surface area (Å²) in [6.45, 7) is 0. The molecule has 0 fully saturated rings. The molecule has 1 aliphatic rings. The van der Waals surface area contributed by atoms with E-state index in [0.717, 1.165) is 33.4 Å². The smallest absolute Gasteiger partial charge is 0.127 e. The predicted octanol–water partition coefficient (Wildman–Crippen LogP) is 10.1. The highest BCUT2D eigenvalue weighted by Gasteiger charge is 2.28. The molecule has 6 nitrogen and oxygen atoms in total. The Morgan fingerprint density at radius 3 is 0.767 bits per heavy atom. The SMILES string of the molecule is [O-]C1=C(c2c(O)cc(-c3ccc(C(c4ccccc4)c4ccccc4)cc3)cc2O)C([O-])=C1c1c(O)cc(-c2ccc(C(c3ccccc3)c3ccccc3)cc2)cc1O. The van der Waals surface area contributed by atoms with Gasteiger partial charge in [0.2, 0.25) is 0 Å². The number of phenolic OH excluding ortho intramolecular Hbond substituents is 4. The summed E-state index contributed by atoms with van der Waals surface area (Å²) < 4.78 is 0. The standard InChI is InChI=1S/C54H40O6/c55-43-29-41(33-21-25-39(26-22-33)47(35-13-5-1-6-14-35)36-15-7-2-8-16-36)30-44(56)49(43)51-53(59)52(54(51)60)50-45(57)31-42(32-46(50)58)34-23-27-40(28-24-34)48(37-17-9-3-10-18-37)38-19-11-4-12-20-38/h1-32,47-48,55-60H/p-2. The van der Waals surface area contributed by atoms with Gasteiger partial charge in [-0.1, -0.05) is 181 Å². The Bertz CT molecular complexity index is 2550. The van der Waals surface area contributed by atoms with Crippen LogP contribution in [-0.4, -0.2) is 20.4 Å². The summed E-state index contributed by atoms with van der Waals surface area (Å²) in [5.74, 6) is -3.46. The summed E-state index contributed by atoms with van der Waals surface area (Å²) in [7, 11) is 0. The molecule has 0 bridgehead atoms. The first-order chi connectivity index (χ1) is 29.3. The third kappa shape index (κ3) is 6.90. The summed E-state index contributed by atoms with van der Waals surface area (Å²) in [5, 5.41) is 71.9. The fourth-order valence-corrected chi connectivity index (χ4v) is 8.39. The average molecular weight is 783 g/mol. The Hall–Kier alpha value is -7.96. The average Bonchev–Trinajstić information content (AvgIpc) is 3.28. The fourth-order valence-electron chi connectivity index (χ4n) is 8.39. The van der Waals surface area contributed by atoms with E-state index in [4.69, 9.17) is 0 Å². The van der Waals surface area contributed by atoms with Crippen LogP contribution >= 0.6 is 0 Å². The van der Waals surface area contributed by atoms with Gasteiger partial charge in [-0.25, -0.2) is 0 Å². The van der Waals surface area contributed by atoms with Crippen molar-refractivity contribution in [2.45, 2.75) is 11.8 Å². The molecular weight excluding hydrogens is 745 g/mol. The molecular formula is C54H38O6-2. The fraction of sp³-hybridized carbons (Fsp3) is 0.0370. The van der Waals surface area contributed by atoms with Crippen LogP contribution in [0.2, 0.25) is 0 Å². The number of rotatable bonds is 10. The highest BCUT2D eigenvalue weighted by atomic mass is 16.3. The quantitative estimate of drug-likeness (QED) is 0.102. The van der Waals surface area contributed by atoms with E-state index in [-0.39, 0.29) is 23.0 Å². The molecule has 0 aliphatic heterocycles. The molecule has 0 unspecified atom stereocenters. The maximum atomic E-state index is 13.6. The lowest BCUT2D eigenvalue weighted by Crippen LogP contribution is -2.27. The minimum atomic E-state index is -0.814. The molecule has 1 aliphatic carbocycles. The second kappa shape index (κ2) is 15.8. The third-order valence-electron chi connectivity index (χ3n) is 11.3. The van der Waals surface area contributed by atoms with Crippen molar-refractivity contribution < 1.29 is 30.6 Å². The summed E-state index contributed by atoms with van der Waals surface area (Å²) in [5.41, 5.74) is 7.56. The maximum Gasteiger partial charge on any atom is 0.127 e. The molecule has 8 aromatic carbocycles. The zero-order chi connectivity index (χ0) is 41.3. The van der Waals surface area contributed by atoms with Crippen molar-refractivity contribution in [3.05, 3.63) is 250 Å². The minimum absolute atomic E-state index is 0.0109. The highest BCUT2D eigenvalue weighted by Crippen LogP contribution is 2.52. The zero-order valence-electron chi connectivity index (χ0n) is 32.2. The summed E-state index contributed by atoms with van der Waals surface area (Å²) in [4.78, 5) is 0. The Morgan fingerprint density at radius 1 is 0.283 bits per heavy atom. The van der Waals surface area contributed by atoms with Gasteiger partial charge in [-0.05, 0) is 91.0 Å². The van der Waals surface area contributed by atoms with Crippen molar-refractivity contribution in [1.82, 2.24) is 0 Å². The van der Waals surface area contributed by atoms with Crippen molar-refractivity contribution in [2.75, 3.05) is 0 Å². The number of hydrogen-bond acceptors (Lipinski definition) is 6. The molecule has 6 heteroatoms. The van der Waals surface area contributed by atoms with Crippen LogP contribution in [0.5, 0.6) is 23.0 Å². The normalized spacial score (nSPS) is 12.6. The van der Waals surface area contributed by atoms with Gasteiger partial charge in [0.15, 0.2) is 0 Å². The molecule has 0 aromatic heterocycles. The van der Waals surface area contributed by atoms with E-state index < -0.39 is 45.7 Å². The molecule has 292 valence electrons. The number of phenols is 4. The summed E-state index contributed by atoms with van der Waals surface area (Å²) >= 11 is 0. The lowest BCUT2D eigenvalue weighted by atomic mass is 9.82. The van der Waals surface area contributed by atoms with Crippen molar-refractivity contribution in [3.8, 4) is 45.3 Å². The molecule has 0 heterocycles. The van der Waals surface area contributed by atoms with Gasteiger partial charge in [0, 0.05) is 11.8 Å². The van der Waals surface area contributed by atoms with Crippen LogP contribution in [0.4, 0.5) is 0 Å². The van der Waals surface area contributed by atoms with Crippen molar-refractivity contribution in [2.24, 2.45) is 0 Å². The summed E-state index contributed by atoms with van der Waals surface area (Å²) in [6, 6.07) is 62.0. The molecule has 0 atom stereocenters. The third-order valence-corrected chi connectivity index (χ3v) is 11.3. The van der Waals surface area contributed by atoms with Crippen LogP contribution in [0.25, 0.3) is 33.4 Å². The molecule has 0 radical (unpaired) electrons. The number of benzene rings is 8. The first-order valence-electron chi connectivity index (χ1n) is 19.6. The predicted molar refractivity (Wildman–Crippen MR) is 232 cm³/mol. The van der Waals surface area contributed by atoms with Crippen LogP contribution in [-0.2, 0) is 0 Å². The Morgan fingerprint density at radius 2 is 0.517 bits per heavy atom. The maximum absolute atomic E-state index is 13.6. The van der Waals surface area contributed by atoms with E-state index >= 15 is 0 Å². The van der Waals surface area contributed by atoms with Crippen molar-refractivity contribution in [3.63, 3.8) is 0 Å². The molecule has 4 N–H and O–H groups in total. The summed E-state index contributed by atoms with van der Waals surface area (Å²) in [6.07, 6.45) is 0. The van der Waals surface area contributed by atoms with Gasteiger partial charge < -0.3 is 30.6 Å². The van der Waals surface area contributed by atoms with Crippen LogP contribution in [0.15, 0.2) is 206 Å². The van der Waals surface area contributed by atoms with Gasteiger partial charge in [-0.15, -0.1) is 0 Å². The van der Waals surface area contributed by atoms with Gasteiger partial charge >= 0.3 is 0 Å². The molecule has 0 saturated heterocycles. The Balaban J connectivity index is 0.969. The van der Waals surface area contributed by atoms with Crippen molar-refractivity contribution >= 4 is 11.1 Å². The highest BCUT2D eigenvalue weighted by molar-refractivity contribution is 6.09. The molecule has 8 aromatic rings. The van der Waals surface area contributed by atoms with Crippen LogP contribution < -0.4 is 10.2 Å².